The second-order valence-electron chi connectivity index (χ2n) is 3.19. The quantitative estimate of drug-likeness (QED) is 0.488. The summed E-state index contributed by atoms with van der Waals surface area (Å²) in [6.07, 6.45) is 13.1. The molecule has 0 fully saturated rings. The van der Waals surface area contributed by atoms with Crippen molar-refractivity contribution in [3.63, 3.8) is 0 Å². The third kappa shape index (κ3) is 5.81. The minimum absolute atomic E-state index is 0.799. The van der Waals surface area contributed by atoms with Crippen LogP contribution in [-0.4, -0.2) is 18.2 Å². The van der Waals surface area contributed by atoms with Crippen molar-refractivity contribution >= 4 is 6.21 Å². The predicted molar refractivity (Wildman–Crippen MR) is 73.3 cm³/mol. The van der Waals surface area contributed by atoms with E-state index in [2.05, 4.69) is 18.2 Å². The van der Waals surface area contributed by atoms with Crippen LogP contribution >= 0.6 is 0 Å². The van der Waals surface area contributed by atoms with Gasteiger partial charge < -0.3 is 4.90 Å². The Balaban J connectivity index is 4.38. The molecule has 0 aliphatic carbocycles. The van der Waals surface area contributed by atoms with E-state index in [1.165, 1.54) is 0 Å². The van der Waals surface area contributed by atoms with Crippen LogP contribution in [0.25, 0.3) is 0 Å². The van der Waals surface area contributed by atoms with E-state index in [-0.39, 0.29) is 0 Å². The van der Waals surface area contributed by atoms with Gasteiger partial charge >= 0.3 is 0 Å². The molecule has 0 radical (unpaired) electrons. The number of hydrogen-bond donors (Lipinski definition) is 0. The van der Waals surface area contributed by atoms with Crippen LogP contribution in [0.15, 0.2) is 66.1 Å². The van der Waals surface area contributed by atoms with Crippen LogP contribution < -0.4 is 0 Å². The summed E-state index contributed by atoms with van der Waals surface area (Å²) in [6.45, 7) is 11.7. The first kappa shape index (κ1) is 14.2. The topological polar surface area (TPSA) is 15.6 Å². The van der Waals surface area contributed by atoms with Gasteiger partial charge in [0.25, 0.3) is 0 Å². The summed E-state index contributed by atoms with van der Waals surface area (Å²) in [5, 5.41) is 0. The van der Waals surface area contributed by atoms with Gasteiger partial charge in [0.05, 0.1) is 5.70 Å². The number of nitrogens with zero attached hydrogens (tertiary/aromatic N) is 2. The Morgan fingerprint density at radius 2 is 1.75 bits per heavy atom. The molecule has 16 heavy (non-hydrogen) atoms. The van der Waals surface area contributed by atoms with Crippen LogP contribution in [0.2, 0.25) is 0 Å². The van der Waals surface area contributed by atoms with Crippen molar-refractivity contribution in [2.24, 2.45) is 4.99 Å². The minimum atomic E-state index is 0.799. The van der Waals surface area contributed by atoms with Crippen molar-refractivity contribution in [2.45, 2.75) is 13.8 Å². The van der Waals surface area contributed by atoms with Gasteiger partial charge in [0.1, 0.15) is 0 Å². The Hall–Kier alpha value is -1.83. The Kier molecular flexibility index (Phi) is 7.51. The van der Waals surface area contributed by atoms with Crippen LogP contribution in [-0.2, 0) is 0 Å². The lowest BCUT2D eigenvalue weighted by molar-refractivity contribution is 0.571. The van der Waals surface area contributed by atoms with E-state index in [4.69, 9.17) is 0 Å². The first-order valence-corrected chi connectivity index (χ1v) is 5.18. The van der Waals surface area contributed by atoms with Crippen LogP contribution in [0.5, 0.6) is 0 Å². The fourth-order valence-electron chi connectivity index (χ4n) is 0.876. The SMILES string of the molecule is C=C(/C=C\C=C/C)N(C)C(=C)/C=N\C=C/C. The monoisotopic (exact) mass is 216 g/mol. The van der Waals surface area contributed by atoms with Crippen LogP contribution in [0.4, 0.5) is 0 Å². The molecule has 0 bridgehead atoms. The van der Waals surface area contributed by atoms with E-state index in [1.54, 1.807) is 12.4 Å². The summed E-state index contributed by atoms with van der Waals surface area (Å²) in [5.41, 5.74) is 1.67. The summed E-state index contributed by atoms with van der Waals surface area (Å²) in [5.74, 6) is 0. The third-order valence-corrected chi connectivity index (χ3v) is 1.91. The smallest absolute Gasteiger partial charge is 0.0520 e. The molecule has 0 unspecified atom stereocenters. The Morgan fingerprint density at radius 1 is 1.06 bits per heavy atom. The summed E-state index contributed by atoms with van der Waals surface area (Å²) in [7, 11) is 1.91. The zero-order valence-electron chi connectivity index (χ0n) is 10.4. The molecule has 0 N–H and O–H groups in total. The summed E-state index contributed by atoms with van der Waals surface area (Å²) in [6, 6.07) is 0. The normalized spacial score (nSPS) is 12.2. The average molecular weight is 216 g/mol. The zero-order valence-corrected chi connectivity index (χ0v) is 10.4. The van der Waals surface area contributed by atoms with Crippen molar-refractivity contribution in [3.8, 4) is 0 Å². The summed E-state index contributed by atoms with van der Waals surface area (Å²) in [4.78, 5) is 5.95. The van der Waals surface area contributed by atoms with Crippen molar-refractivity contribution < 1.29 is 0 Å². The molecule has 0 aromatic heterocycles. The summed E-state index contributed by atoms with van der Waals surface area (Å²) < 4.78 is 0. The number of likely N-dealkylation sites (N-methyl/N-ethyl adjacent to an activating group) is 1. The highest BCUT2D eigenvalue weighted by molar-refractivity contribution is 5.77. The van der Waals surface area contributed by atoms with E-state index < -0.39 is 0 Å². The fourth-order valence-corrected chi connectivity index (χ4v) is 0.876. The van der Waals surface area contributed by atoms with E-state index in [0.717, 1.165) is 11.4 Å². The maximum atomic E-state index is 4.06. The van der Waals surface area contributed by atoms with Crippen molar-refractivity contribution in [2.75, 3.05) is 7.05 Å². The van der Waals surface area contributed by atoms with Crippen molar-refractivity contribution in [3.05, 3.63) is 61.1 Å². The van der Waals surface area contributed by atoms with E-state index in [1.807, 2.05) is 56.2 Å². The maximum absolute atomic E-state index is 4.06. The van der Waals surface area contributed by atoms with E-state index in [9.17, 15) is 0 Å². The number of rotatable bonds is 6. The fraction of sp³-hybridized carbons (Fsp3) is 0.214. The molecule has 0 saturated carbocycles. The highest BCUT2D eigenvalue weighted by atomic mass is 15.1. The van der Waals surface area contributed by atoms with Crippen LogP contribution in [0, 0.1) is 0 Å². The van der Waals surface area contributed by atoms with E-state index in [0.29, 0.717) is 0 Å². The number of allylic oxidation sites excluding steroid dienone is 6. The molecular formula is C14H20N2. The molecule has 0 aromatic carbocycles. The predicted octanol–water partition coefficient (Wildman–Crippen LogP) is 3.68. The van der Waals surface area contributed by atoms with Crippen molar-refractivity contribution in [1.29, 1.82) is 0 Å². The van der Waals surface area contributed by atoms with Crippen molar-refractivity contribution in [1.82, 2.24) is 4.90 Å². The Morgan fingerprint density at radius 3 is 2.31 bits per heavy atom. The van der Waals surface area contributed by atoms with Gasteiger partial charge in [-0.1, -0.05) is 37.5 Å². The molecule has 0 amide bonds. The summed E-state index contributed by atoms with van der Waals surface area (Å²) >= 11 is 0. The third-order valence-electron chi connectivity index (χ3n) is 1.91. The first-order chi connectivity index (χ1) is 7.63. The van der Waals surface area contributed by atoms with Gasteiger partial charge in [-0.3, -0.25) is 4.99 Å². The van der Waals surface area contributed by atoms with Gasteiger partial charge in [-0.25, -0.2) is 0 Å². The largest absolute Gasteiger partial charge is 0.344 e. The molecule has 86 valence electrons. The molecule has 0 saturated heterocycles. The lowest BCUT2D eigenvalue weighted by atomic mass is 10.3. The van der Waals surface area contributed by atoms with Gasteiger partial charge in [-0.2, -0.15) is 0 Å². The Bertz CT molecular complexity index is 310. The zero-order chi connectivity index (χ0) is 12.4. The molecule has 2 nitrogen and oxygen atoms in total. The molecular weight excluding hydrogens is 196 g/mol. The molecule has 0 spiro atoms. The van der Waals surface area contributed by atoms with Gasteiger partial charge in [0.2, 0.25) is 0 Å². The first-order valence-electron chi connectivity index (χ1n) is 5.18. The molecule has 0 aliphatic heterocycles. The average Bonchev–Trinajstić information content (AvgIpc) is 2.28. The molecule has 0 heterocycles. The van der Waals surface area contributed by atoms with Gasteiger partial charge in [-0.15, -0.1) is 0 Å². The van der Waals surface area contributed by atoms with Gasteiger partial charge in [0.15, 0.2) is 0 Å². The number of hydrogen-bond acceptors (Lipinski definition) is 2. The van der Waals surface area contributed by atoms with Gasteiger partial charge in [0, 0.05) is 25.2 Å². The standard InChI is InChI=1S/C14H20N2/c1-6-8-9-10-13(3)16(5)14(4)12-15-11-7-2/h6-12H,3-4H2,1-2,5H3/b8-6-,10-9-,11-7-,15-12-. The maximum Gasteiger partial charge on any atom is 0.0520 e. The lowest BCUT2D eigenvalue weighted by Gasteiger charge is -2.18. The van der Waals surface area contributed by atoms with E-state index >= 15 is 0 Å². The highest BCUT2D eigenvalue weighted by Crippen LogP contribution is 2.06. The molecule has 0 atom stereocenters. The Labute approximate surface area is 98.7 Å². The van der Waals surface area contributed by atoms with Gasteiger partial charge in [-0.05, 0) is 19.9 Å². The molecule has 0 aromatic rings. The van der Waals surface area contributed by atoms with Crippen LogP contribution in [0.1, 0.15) is 13.8 Å². The lowest BCUT2D eigenvalue weighted by Crippen LogP contribution is -2.15. The van der Waals surface area contributed by atoms with Crippen LogP contribution in [0.3, 0.4) is 0 Å². The second kappa shape index (κ2) is 8.48. The molecule has 2 heteroatoms. The minimum Gasteiger partial charge on any atom is -0.344 e. The highest BCUT2D eigenvalue weighted by Gasteiger charge is 1.99. The molecule has 0 rings (SSSR count). The second-order valence-corrected chi connectivity index (χ2v) is 3.19. The number of aliphatic imine (C=N–C) groups is 1. The molecule has 0 aliphatic rings.